The smallest absolute Gasteiger partial charge is 0.409 e. The van der Waals surface area contributed by atoms with Crippen molar-refractivity contribution in [1.29, 1.82) is 0 Å². The number of esters is 1. The Morgan fingerprint density at radius 2 is 1.91 bits per heavy atom. The molecular weight excluding hydrogens is 296 g/mol. The van der Waals surface area contributed by atoms with E-state index in [0.29, 0.717) is 37.1 Å². The SMILES string of the molecule is CCOC(=O)N1CCCC(C2C(C(=O)OC)C3CCC2N3C)C1. The highest BCUT2D eigenvalue weighted by Crippen LogP contribution is 2.50. The number of likely N-dealkylation sites (tertiary alicyclic amines) is 1. The zero-order chi connectivity index (χ0) is 16.6. The Morgan fingerprint density at radius 3 is 2.61 bits per heavy atom. The van der Waals surface area contributed by atoms with Gasteiger partial charge in [0, 0.05) is 25.2 Å². The molecule has 23 heavy (non-hydrogen) atoms. The zero-order valence-corrected chi connectivity index (χ0v) is 14.4. The normalized spacial score (nSPS) is 37.0. The molecule has 130 valence electrons. The van der Waals surface area contributed by atoms with Crippen LogP contribution in [0, 0.1) is 17.8 Å². The minimum atomic E-state index is -0.219. The lowest BCUT2D eigenvalue weighted by Crippen LogP contribution is -2.47. The summed E-state index contributed by atoms with van der Waals surface area (Å²) >= 11 is 0. The first-order chi connectivity index (χ1) is 11.1. The first kappa shape index (κ1) is 16.6. The van der Waals surface area contributed by atoms with Gasteiger partial charge >= 0.3 is 12.1 Å². The van der Waals surface area contributed by atoms with E-state index in [9.17, 15) is 9.59 Å². The fourth-order valence-electron chi connectivity index (χ4n) is 5.15. The summed E-state index contributed by atoms with van der Waals surface area (Å²) in [6.07, 6.45) is 4.06. The minimum absolute atomic E-state index is 0.0455. The Bertz CT molecular complexity index is 470. The summed E-state index contributed by atoms with van der Waals surface area (Å²) in [6, 6.07) is 0.742. The van der Waals surface area contributed by atoms with Gasteiger partial charge in [-0.15, -0.1) is 0 Å². The van der Waals surface area contributed by atoms with Crippen LogP contribution in [-0.4, -0.2) is 67.8 Å². The van der Waals surface area contributed by atoms with Crippen LogP contribution in [0.1, 0.15) is 32.6 Å². The summed E-state index contributed by atoms with van der Waals surface area (Å²) in [4.78, 5) is 28.6. The van der Waals surface area contributed by atoms with Gasteiger partial charge in [-0.1, -0.05) is 0 Å². The molecule has 0 aromatic rings. The molecular formula is C17H28N2O4. The Balaban J connectivity index is 1.76. The van der Waals surface area contributed by atoms with Crippen LogP contribution in [0.5, 0.6) is 0 Å². The Labute approximate surface area is 138 Å². The lowest BCUT2D eigenvalue weighted by molar-refractivity contribution is -0.149. The lowest BCUT2D eigenvalue weighted by atomic mass is 9.70. The number of amides is 1. The molecule has 0 radical (unpaired) electrons. The number of carbonyl (C=O) groups excluding carboxylic acids is 2. The first-order valence-corrected chi connectivity index (χ1v) is 8.80. The average Bonchev–Trinajstić information content (AvgIpc) is 3.07. The summed E-state index contributed by atoms with van der Waals surface area (Å²) in [7, 11) is 3.61. The van der Waals surface area contributed by atoms with E-state index in [1.807, 2.05) is 11.8 Å². The molecule has 5 unspecified atom stereocenters. The second kappa shape index (κ2) is 6.67. The van der Waals surface area contributed by atoms with E-state index in [4.69, 9.17) is 9.47 Å². The molecule has 0 spiro atoms. The Kier molecular flexibility index (Phi) is 4.80. The quantitative estimate of drug-likeness (QED) is 0.740. The number of methoxy groups -OCH3 is 1. The van der Waals surface area contributed by atoms with Crippen LogP contribution >= 0.6 is 0 Å². The van der Waals surface area contributed by atoms with Crippen molar-refractivity contribution in [2.24, 2.45) is 17.8 Å². The van der Waals surface area contributed by atoms with Crippen LogP contribution in [-0.2, 0) is 14.3 Å². The van der Waals surface area contributed by atoms with Gasteiger partial charge in [-0.2, -0.15) is 0 Å². The number of hydrogen-bond acceptors (Lipinski definition) is 5. The number of carbonyl (C=O) groups is 2. The van der Waals surface area contributed by atoms with E-state index in [-0.39, 0.29) is 18.0 Å². The second-order valence-corrected chi connectivity index (χ2v) is 7.05. The van der Waals surface area contributed by atoms with E-state index in [1.54, 1.807) is 0 Å². The topological polar surface area (TPSA) is 59.1 Å². The summed E-state index contributed by atoms with van der Waals surface area (Å²) in [5, 5.41) is 0. The predicted molar refractivity (Wildman–Crippen MR) is 84.9 cm³/mol. The standard InChI is InChI=1S/C17H28N2O4/c1-4-23-17(21)19-9-5-6-11(10-19)14-12-7-8-13(18(12)2)15(14)16(20)22-3/h11-15H,4-10H2,1-3H3. The molecule has 0 saturated carbocycles. The van der Waals surface area contributed by atoms with Gasteiger partial charge in [-0.05, 0) is 51.5 Å². The van der Waals surface area contributed by atoms with Gasteiger partial charge in [0.25, 0.3) is 0 Å². The zero-order valence-electron chi connectivity index (χ0n) is 14.4. The lowest BCUT2D eigenvalue weighted by Gasteiger charge is -2.40. The van der Waals surface area contributed by atoms with E-state index in [2.05, 4.69) is 11.9 Å². The van der Waals surface area contributed by atoms with Gasteiger partial charge in [0.1, 0.15) is 0 Å². The van der Waals surface area contributed by atoms with Crippen molar-refractivity contribution in [2.75, 3.05) is 33.9 Å². The molecule has 3 rings (SSSR count). The summed E-state index contributed by atoms with van der Waals surface area (Å²) in [5.41, 5.74) is 0. The number of rotatable bonds is 3. The van der Waals surface area contributed by atoms with Gasteiger partial charge in [-0.25, -0.2) is 4.79 Å². The van der Waals surface area contributed by atoms with Crippen LogP contribution in [0.2, 0.25) is 0 Å². The number of nitrogens with zero attached hydrogens (tertiary/aromatic N) is 2. The highest BCUT2D eigenvalue weighted by atomic mass is 16.6. The molecule has 0 N–H and O–H groups in total. The average molecular weight is 324 g/mol. The molecule has 2 bridgehead atoms. The van der Waals surface area contributed by atoms with Crippen molar-refractivity contribution in [1.82, 2.24) is 9.80 Å². The molecule has 3 aliphatic heterocycles. The van der Waals surface area contributed by atoms with Crippen molar-refractivity contribution in [2.45, 2.75) is 44.7 Å². The van der Waals surface area contributed by atoms with Crippen LogP contribution in [0.15, 0.2) is 0 Å². The molecule has 5 atom stereocenters. The van der Waals surface area contributed by atoms with Crippen LogP contribution in [0.25, 0.3) is 0 Å². The molecule has 6 nitrogen and oxygen atoms in total. The van der Waals surface area contributed by atoms with E-state index in [0.717, 1.165) is 32.2 Å². The number of piperidine rings is 1. The Morgan fingerprint density at radius 1 is 1.17 bits per heavy atom. The van der Waals surface area contributed by atoms with Crippen LogP contribution < -0.4 is 0 Å². The number of ether oxygens (including phenoxy) is 2. The van der Waals surface area contributed by atoms with E-state index in [1.165, 1.54) is 7.11 Å². The summed E-state index contributed by atoms with van der Waals surface area (Å²) < 4.78 is 10.3. The summed E-state index contributed by atoms with van der Waals surface area (Å²) in [6.45, 7) is 3.70. The molecule has 3 saturated heterocycles. The molecule has 0 aromatic heterocycles. The maximum Gasteiger partial charge on any atom is 0.409 e. The maximum atomic E-state index is 12.4. The summed E-state index contributed by atoms with van der Waals surface area (Å²) in [5.74, 6) is 0.525. The fourth-order valence-corrected chi connectivity index (χ4v) is 5.15. The molecule has 3 fully saturated rings. The monoisotopic (exact) mass is 324 g/mol. The third-order valence-corrected chi connectivity index (χ3v) is 6.08. The van der Waals surface area contributed by atoms with E-state index < -0.39 is 0 Å². The van der Waals surface area contributed by atoms with Crippen molar-refractivity contribution in [3.8, 4) is 0 Å². The van der Waals surface area contributed by atoms with Gasteiger partial charge in [0.15, 0.2) is 0 Å². The van der Waals surface area contributed by atoms with Crippen LogP contribution in [0.4, 0.5) is 4.79 Å². The predicted octanol–water partition coefficient (Wildman–Crippen LogP) is 1.74. The first-order valence-electron chi connectivity index (χ1n) is 8.80. The van der Waals surface area contributed by atoms with Gasteiger partial charge in [-0.3, -0.25) is 9.69 Å². The van der Waals surface area contributed by atoms with Crippen molar-refractivity contribution >= 4 is 12.1 Å². The molecule has 6 heteroatoms. The Hall–Kier alpha value is -1.30. The van der Waals surface area contributed by atoms with Gasteiger partial charge in [0.05, 0.1) is 19.6 Å². The number of hydrogen-bond donors (Lipinski definition) is 0. The van der Waals surface area contributed by atoms with Crippen molar-refractivity contribution < 1.29 is 19.1 Å². The largest absolute Gasteiger partial charge is 0.469 e. The molecule has 3 heterocycles. The molecule has 3 aliphatic rings. The molecule has 0 aliphatic carbocycles. The third-order valence-electron chi connectivity index (χ3n) is 6.08. The van der Waals surface area contributed by atoms with Crippen molar-refractivity contribution in [3.05, 3.63) is 0 Å². The fraction of sp³-hybridized carbons (Fsp3) is 0.882. The van der Waals surface area contributed by atoms with Crippen molar-refractivity contribution in [3.63, 3.8) is 0 Å². The van der Waals surface area contributed by atoms with Gasteiger partial charge in [0.2, 0.25) is 0 Å². The van der Waals surface area contributed by atoms with Gasteiger partial charge < -0.3 is 14.4 Å². The van der Waals surface area contributed by atoms with E-state index >= 15 is 0 Å². The number of fused-ring (bicyclic) bond motifs is 2. The highest BCUT2D eigenvalue weighted by molar-refractivity contribution is 5.74. The molecule has 1 amide bonds. The second-order valence-electron chi connectivity index (χ2n) is 7.05. The maximum absolute atomic E-state index is 12.4. The highest BCUT2D eigenvalue weighted by Gasteiger charge is 2.57. The third kappa shape index (κ3) is 2.82. The minimum Gasteiger partial charge on any atom is -0.469 e. The van der Waals surface area contributed by atoms with Crippen LogP contribution in [0.3, 0.4) is 0 Å². The molecule has 0 aromatic carbocycles.